The molecule has 29 heavy (non-hydrogen) atoms. The zero-order valence-electron chi connectivity index (χ0n) is 16.1. The second-order valence-corrected chi connectivity index (χ2v) is 7.19. The molecule has 6 nitrogen and oxygen atoms in total. The average molecular weight is 394 g/mol. The van der Waals surface area contributed by atoms with Gasteiger partial charge in [0.05, 0.1) is 0 Å². The van der Waals surface area contributed by atoms with Crippen LogP contribution in [0.2, 0.25) is 0 Å². The first kappa shape index (κ1) is 19.1. The van der Waals surface area contributed by atoms with Crippen LogP contribution in [0.5, 0.6) is 0 Å². The number of hydrogen-bond donors (Lipinski definition) is 1. The molecule has 0 saturated carbocycles. The van der Waals surface area contributed by atoms with Crippen molar-refractivity contribution in [3.8, 4) is 0 Å². The van der Waals surface area contributed by atoms with Gasteiger partial charge in [-0.3, -0.25) is 4.79 Å². The SMILES string of the molecule is O=C(N[C@@H](Cc1ccccc1)c1nnc(N2CCCCC2)o1)c1ccc(F)cc1. The maximum atomic E-state index is 13.2. The summed E-state index contributed by atoms with van der Waals surface area (Å²) in [7, 11) is 0. The summed E-state index contributed by atoms with van der Waals surface area (Å²) in [6.07, 6.45) is 3.93. The van der Waals surface area contributed by atoms with Crippen molar-refractivity contribution < 1.29 is 13.6 Å². The fourth-order valence-corrected chi connectivity index (χ4v) is 3.47. The van der Waals surface area contributed by atoms with Crippen LogP contribution in [0, 0.1) is 5.82 Å². The van der Waals surface area contributed by atoms with Gasteiger partial charge < -0.3 is 14.6 Å². The molecule has 1 aliphatic heterocycles. The van der Waals surface area contributed by atoms with Crippen molar-refractivity contribution >= 4 is 11.9 Å². The number of benzene rings is 2. The summed E-state index contributed by atoms with van der Waals surface area (Å²) in [5.41, 5.74) is 1.41. The van der Waals surface area contributed by atoms with Crippen LogP contribution in [0.4, 0.5) is 10.4 Å². The quantitative estimate of drug-likeness (QED) is 0.686. The van der Waals surface area contributed by atoms with E-state index in [1.165, 1.54) is 30.7 Å². The van der Waals surface area contributed by atoms with Crippen molar-refractivity contribution in [2.24, 2.45) is 0 Å². The number of hydrogen-bond acceptors (Lipinski definition) is 5. The number of rotatable bonds is 6. The molecular weight excluding hydrogens is 371 g/mol. The standard InChI is InChI=1S/C22H23FN4O2/c23-18-11-9-17(10-12-18)20(28)24-19(15-16-7-3-1-4-8-16)21-25-26-22(29-21)27-13-5-2-6-14-27/h1,3-4,7-12,19H,2,5-6,13-15H2,(H,24,28)/t19-/m0/s1. The van der Waals surface area contributed by atoms with Crippen LogP contribution in [0.1, 0.15) is 47.1 Å². The largest absolute Gasteiger partial charge is 0.406 e. The summed E-state index contributed by atoms with van der Waals surface area (Å²) in [6.45, 7) is 1.79. The lowest BCUT2D eigenvalue weighted by atomic mass is 10.1. The third-order valence-corrected chi connectivity index (χ3v) is 5.05. The molecule has 1 aromatic heterocycles. The fraction of sp³-hybridized carbons (Fsp3) is 0.318. The number of amides is 1. The smallest absolute Gasteiger partial charge is 0.318 e. The van der Waals surface area contributed by atoms with Gasteiger partial charge in [-0.25, -0.2) is 4.39 Å². The molecule has 1 N–H and O–H groups in total. The molecular formula is C22H23FN4O2. The number of halogens is 1. The van der Waals surface area contributed by atoms with E-state index in [4.69, 9.17) is 4.42 Å². The van der Waals surface area contributed by atoms with Crippen molar-refractivity contribution in [3.63, 3.8) is 0 Å². The van der Waals surface area contributed by atoms with Gasteiger partial charge >= 0.3 is 6.01 Å². The lowest BCUT2D eigenvalue weighted by molar-refractivity contribution is 0.0930. The van der Waals surface area contributed by atoms with E-state index < -0.39 is 6.04 Å². The maximum Gasteiger partial charge on any atom is 0.318 e. The van der Waals surface area contributed by atoms with Gasteiger partial charge in [0.15, 0.2) is 0 Å². The number of aromatic nitrogens is 2. The molecule has 3 aromatic rings. The van der Waals surface area contributed by atoms with Crippen LogP contribution in [0.3, 0.4) is 0 Å². The minimum Gasteiger partial charge on any atom is -0.406 e. The van der Waals surface area contributed by atoms with E-state index in [1.807, 2.05) is 30.3 Å². The van der Waals surface area contributed by atoms with Crippen molar-refractivity contribution in [1.82, 2.24) is 15.5 Å². The predicted molar refractivity (Wildman–Crippen MR) is 107 cm³/mol. The molecule has 1 saturated heterocycles. The summed E-state index contributed by atoms with van der Waals surface area (Å²) < 4.78 is 19.1. The molecule has 0 spiro atoms. The summed E-state index contributed by atoms with van der Waals surface area (Å²) >= 11 is 0. The lowest BCUT2D eigenvalue weighted by Gasteiger charge is -2.24. The fourth-order valence-electron chi connectivity index (χ4n) is 3.47. The summed E-state index contributed by atoms with van der Waals surface area (Å²) in [4.78, 5) is 14.8. The van der Waals surface area contributed by atoms with Gasteiger partial charge in [0.1, 0.15) is 11.9 Å². The normalized spacial score (nSPS) is 15.1. The number of nitrogens with one attached hydrogen (secondary N) is 1. The Labute approximate surface area is 168 Å². The molecule has 0 aliphatic carbocycles. The Hall–Kier alpha value is -3.22. The monoisotopic (exact) mass is 394 g/mol. The van der Waals surface area contributed by atoms with Crippen molar-refractivity contribution in [2.75, 3.05) is 18.0 Å². The number of piperidine rings is 1. The van der Waals surface area contributed by atoms with Gasteiger partial charge in [-0.15, -0.1) is 5.10 Å². The van der Waals surface area contributed by atoms with Gasteiger partial charge in [0.2, 0.25) is 5.89 Å². The molecule has 0 bridgehead atoms. The molecule has 0 unspecified atom stereocenters. The Morgan fingerprint density at radius 2 is 1.76 bits per heavy atom. The maximum absolute atomic E-state index is 13.2. The van der Waals surface area contributed by atoms with Gasteiger partial charge in [0.25, 0.3) is 5.91 Å². The first-order chi connectivity index (χ1) is 14.2. The van der Waals surface area contributed by atoms with Crippen LogP contribution in [0.25, 0.3) is 0 Å². The zero-order valence-corrected chi connectivity index (χ0v) is 16.1. The van der Waals surface area contributed by atoms with Crippen molar-refractivity contribution in [1.29, 1.82) is 0 Å². The van der Waals surface area contributed by atoms with Crippen LogP contribution in [-0.4, -0.2) is 29.2 Å². The Morgan fingerprint density at radius 3 is 2.48 bits per heavy atom. The Kier molecular flexibility index (Phi) is 5.84. The van der Waals surface area contributed by atoms with Crippen LogP contribution in [-0.2, 0) is 6.42 Å². The molecule has 1 fully saturated rings. The third kappa shape index (κ3) is 4.80. The summed E-state index contributed by atoms with van der Waals surface area (Å²) in [6, 6.07) is 15.3. The molecule has 1 amide bonds. The van der Waals surface area contributed by atoms with Crippen LogP contribution in [0.15, 0.2) is 59.0 Å². The Morgan fingerprint density at radius 1 is 1.03 bits per heavy atom. The molecule has 2 heterocycles. The second-order valence-electron chi connectivity index (χ2n) is 7.19. The topological polar surface area (TPSA) is 71.3 Å². The molecule has 1 aliphatic rings. The number of carbonyl (C=O) groups is 1. The van der Waals surface area contributed by atoms with E-state index >= 15 is 0 Å². The highest BCUT2D eigenvalue weighted by Gasteiger charge is 2.24. The van der Waals surface area contributed by atoms with E-state index in [1.54, 1.807) is 0 Å². The van der Waals surface area contributed by atoms with Crippen LogP contribution >= 0.6 is 0 Å². The zero-order chi connectivity index (χ0) is 20.1. The number of nitrogens with zero attached hydrogens (tertiary/aromatic N) is 3. The van der Waals surface area contributed by atoms with Crippen molar-refractivity contribution in [2.45, 2.75) is 31.7 Å². The first-order valence-electron chi connectivity index (χ1n) is 9.88. The number of anilines is 1. The van der Waals surface area contributed by atoms with Crippen molar-refractivity contribution in [3.05, 3.63) is 77.4 Å². The molecule has 7 heteroatoms. The van der Waals surface area contributed by atoms with E-state index in [-0.39, 0.29) is 11.7 Å². The Balaban J connectivity index is 1.55. The van der Waals surface area contributed by atoms with Gasteiger partial charge in [-0.1, -0.05) is 35.4 Å². The van der Waals surface area contributed by atoms with E-state index in [0.717, 1.165) is 31.5 Å². The molecule has 2 aromatic carbocycles. The average Bonchev–Trinajstić information content (AvgIpc) is 3.25. The Bertz CT molecular complexity index is 937. The highest BCUT2D eigenvalue weighted by molar-refractivity contribution is 5.94. The van der Waals surface area contributed by atoms with E-state index in [2.05, 4.69) is 20.4 Å². The minimum atomic E-state index is -0.485. The van der Waals surface area contributed by atoms with Gasteiger partial charge in [0, 0.05) is 25.1 Å². The lowest BCUT2D eigenvalue weighted by Crippen LogP contribution is -2.30. The van der Waals surface area contributed by atoms with Crippen LogP contribution < -0.4 is 10.2 Å². The minimum absolute atomic E-state index is 0.316. The highest BCUT2D eigenvalue weighted by Crippen LogP contribution is 2.24. The van der Waals surface area contributed by atoms with Gasteiger partial charge in [-0.05, 0) is 49.1 Å². The third-order valence-electron chi connectivity index (χ3n) is 5.05. The molecule has 0 radical (unpaired) electrons. The molecule has 150 valence electrons. The summed E-state index contributed by atoms with van der Waals surface area (Å²) in [5, 5.41) is 11.4. The van der Waals surface area contributed by atoms with Gasteiger partial charge in [-0.2, -0.15) is 0 Å². The second kappa shape index (κ2) is 8.86. The molecule has 1 atom stereocenters. The summed E-state index contributed by atoms with van der Waals surface area (Å²) in [5.74, 6) is -0.334. The number of carbonyl (C=O) groups excluding carboxylic acids is 1. The molecule has 4 rings (SSSR count). The highest BCUT2D eigenvalue weighted by atomic mass is 19.1. The first-order valence-corrected chi connectivity index (χ1v) is 9.88. The van der Waals surface area contributed by atoms with E-state index in [9.17, 15) is 9.18 Å². The predicted octanol–water partition coefficient (Wildman–Crippen LogP) is 3.91. The van der Waals surface area contributed by atoms with E-state index in [0.29, 0.717) is 23.9 Å².